The highest BCUT2D eigenvalue weighted by Crippen LogP contribution is 2.17. The summed E-state index contributed by atoms with van der Waals surface area (Å²) in [7, 11) is 3.96. The zero-order chi connectivity index (χ0) is 12.8. The van der Waals surface area contributed by atoms with Gasteiger partial charge in [-0.05, 0) is 32.5 Å². The molecule has 0 bridgehead atoms. The van der Waals surface area contributed by atoms with Gasteiger partial charge in [0.05, 0.1) is 7.11 Å². The second kappa shape index (κ2) is 6.76. The van der Waals surface area contributed by atoms with Gasteiger partial charge < -0.3 is 15.0 Å². The summed E-state index contributed by atoms with van der Waals surface area (Å²) in [5.41, 5.74) is 1.23. The van der Waals surface area contributed by atoms with Crippen LogP contribution in [0.25, 0.3) is 0 Å². The van der Waals surface area contributed by atoms with Crippen LogP contribution in [0.1, 0.15) is 24.8 Å². The van der Waals surface area contributed by atoms with Crippen LogP contribution < -0.4 is 10.1 Å². The third-order valence-corrected chi connectivity index (χ3v) is 3.81. The molecule has 0 aromatic heterocycles. The van der Waals surface area contributed by atoms with E-state index in [2.05, 4.69) is 29.4 Å². The molecule has 1 heterocycles. The maximum atomic E-state index is 5.36. The SMILES string of the molecule is COc1ccccc1CNCC1CCCCN1C. The van der Waals surface area contributed by atoms with Gasteiger partial charge in [0, 0.05) is 24.7 Å². The molecule has 3 nitrogen and oxygen atoms in total. The molecule has 1 aliphatic heterocycles. The first-order valence-electron chi connectivity index (χ1n) is 6.84. The van der Waals surface area contributed by atoms with E-state index in [1.54, 1.807) is 7.11 Å². The molecule has 0 saturated carbocycles. The molecule has 1 N–H and O–H groups in total. The van der Waals surface area contributed by atoms with Crippen molar-refractivity contribution in [1.82, 2.24) is 10.2 Å². The summed E-state index contributed by atoms with van der Waals surface area (Å²) in [6.07, 6.45) is 4.03. The molecule has 0 radical (unpaired) electrons. The number of methoxy groups -OCH3 is 1. The first-order valence-corrected chi connectivity index (χ1v) is 6.84. The van der Waals surface area contributed by atoms with E-state index in [9.17, 15) is 0 Å². The van der Waals surface area contributed by atoms with Crippen molar-refractivity contribution in [2.75, 3.05) is 27.2 Å². The average Bonchev–Trinajstić information content (AvgIpc) is 2.41. The van der Waals surface area contributed by atoms with E-state index in [0.29, 0.717) is 6.04 Å². The van der Waals surface area contributed by atoms with E-state index in [1.807, 2.05) is 12.1 Å². The Hall–Kier alpha value is -1.06. The van der Waals surface area contributed by atoms with Crippen LogP contribution in [0.4, 0.5) is 0 Å². The molecule has 0 spiro atoms. The molecule has 1 atom stereocenters. The lowest BCUT2D eigenvalue weighted by molar-refractivity contribution is 0.181. The van der Waals surface area contributed by atoms with E-state index in [0.717, 1.165) is 18.8 Å². The normalized spacial score (nSPS) is 20.9. The van der Waals surface area contributed by atoms with Gasteiger partial charge in [0.15, 0.2) is 0 Å². The third kappa shape index (κ3) is 3.47. The predicted molar refractivity (Wildman–Crippen MR) is 75.0 cm³/mol. The number of hydrogen-bond donors (Lipinski definition) is 1. The Labute approximate surface area is 110 Å². The highest BCUT2D eigenvalue weighted by molar-refractivity contribution is 5.32. The van der Waals surface area contributed by atoms with E-state index < -0.39 is 0 Å². The second-order valence-corrected chi connectivity index (χ2v) is 5.07. The van der Waals surface area contributed by atoms with Crippen molar-refractivity contribution in [2.24, 2.45) is 0 Å². The van der Waals surface area contributed by atoms with E-state index in [4.69, 9.17) is 4.74 Å². The van der Waals surface area contributed by atoms with Crippen molar-refractivity contribution >= 4 is 0 Å². The number of likely N-dealkylation sites (tertiary alicyclic amines) is 1. The van der Waals surface area contributed by atoms with Gasteiger partial charge in [0.1, 0.15) is 5.75 Å². The minimum atomic E-state index is 0.688. The minimum absolute atomic E-state index is 0.688. The average molecular weight is 248 g/mol. The number of ether oxygens (including phenoxy) is 1. The summed E-state index contributed by atoms with van der Waals surface area (Å²) in [5.74, 6) is 0.974. The molecule has 1 aromatic carbocycles. The molecule has 2 rings (SSSR count). The lowest BCUT2D eigenvalue weighted by Crippen LogP contribution is -2.42. The van der Waals surface area contributed by atoms with Gasteiger partial charge in [-0.1, -0.05) is 24.6 Å². The van der Waals surface area contributed by atoms with Crippen molar-refractivity contribution in [3.8, 4) is 5.75 Å². The van der Waals surface area contributed by atoms with E-state index >= 15 is 0 Å². The number of rotatable bonds is 5. The smallest absolute Gasteiger partial charge is 0.123 e. The second-order valence-electron chi connectivity index (χ2n) is 5.07. The lowest BCUT2D eigenvalue weighted by Gasteiger charge is -2.32. The van der Waals surface area contributed by atoms with Crippen LogP contribution in [0.3, 0.4) is 0 Å². The fraction of sp³-hybridized carbons (Fsp3) is 0.600. The first-order chi connectivity index (χ1) is 8.81. The number of nitrogens with zero attached hydrogens (tertiary/aromatic N) is 1. The Morgan fingerprint density at radius 2 is 2.17 bits per heavy atom. The van der Waals surface area contributed by atoms with Crippen molar-refractivity contribution in [1.29, 1.82) is 0 Å². The monoisotopic (exact) mass is 248 g/mol. The van der Waals surface area contributed by atoms with Gasteiger partial charge >= 0.3 is 0 Å². The maximum absolute atomic E-state index is 5.36. The molecule has 100 valence electrons. The maximum Gasteiger partial charge on any atom is 0.123 e. The van der Waals surface area contributed by atoms with Gasteiger partial charge in [-0.25, -0.2) is 0 Å². The van der Waals surface area contributed by atoms with Gasteiger partial charge in [-0.3, -0.25) is 0 Å². The molecule has 1 aliphatic rings. The Bertz CT molecular complexity index is 367. The fourth-order valence-electron chi connectivity index (χ4n) is 2.62. The number of piperidine rings is 1. The van der Waals surface area contributed by atoms with Crippen LogP contribution in [0.5, 0.6) is 5.75 Å². The van der Waals surface area contributed by atoms with E-state index in [-0.39, 0.29) is 0 Å². The fourth-order valence-corrected chi connectivity index (χ4v) is 2.62. The molecule has 1 fully saturated rings. The van der Waals surface area contributed by atoms with Crippen molar-refractivity contribution in [3.05, 3.63) is 29.8 Å². The molecule has 1 unspecified atom stereocenters. The molecule has 1 aromatic rings. The van der Waals surface area contributed by atoms with Gasteiger partial charge in [-0.15, -0.1) is 0 Å². The Morgan fingerprint density at radius 1 is 1.33 bits per heavy atom. The number of nitrogens with one attached hydrogen (secondary N) is 1. The van der Waals surface area contributed by atoms with Gasteiger partial charge in [0.2, 0.25) is 0 Å². The lowest BCUT2D eigenvalue weighted by atomic mass is 10.0. The van der Waals surface area contributed by atoms with Crippen molar-refractivity contribution in [3.63, 3.8) is 0 Å². The highest BCUT2D eigenvalue weighted by atomic mass is 16.5. The predicted octanol–water partition coefficient (Wildman–Crippen LogP) is 2.27. The largest absolute Gasteiger partial charge is 0.496 e. The van der Waals surface area contributed by atoms with Crippen molar-refractivity contribution in [2.45, 2.75) is 31.8 Å². The van der Waals surface area contributed by atoms with E-state index in [1.165, 1.54) is 31.4 Å². The van der Waals surface area contributed by atoms with Crippen LogP contribution in [-0.2, 0) is 6.54 Å². The quantitative estimate of drug-likeness (QED) is 0.865. The summed E-state index contributed by atoms with van der Waals surface area (Å²) in [4.78, 5) is 2.47. The molecule has 1 saturated heterocycles. The summed E-state index contributed by atoms with van der Waals surface area (Å²) in [5, 5.41) is 3.55. The van der Waals surface area contributed by atoms with Gasteiger partial charge in [-0.2, -0.15) is 0 Å². The summed E-state index contributed by atoms with van der Waals surface area (Å²) in [6, 6.07) is 8.90. The Kier molecular flexibility index (Phi) is 5.02. The zero-order valence-electron chi connectivity index (χ0n) is 11.5. The van der Waals surface area contributed by atoms with Crippen molar-refractivity contribution < 1.29 is 4.74 Å². The summed E-state index contributed by atoms with van der Waals surface area (Å²) in [6.45, 7) is 3.18. The molecule has 0 amide bonds. The number of para-hydroxylation sites is 1. The van der Waals surface area contributed by atoms with Crippen LogP contribution in [0.15, 0.2) is 24.3 Å². The Balaban J connectivity index is 1.80. The number of benzene rings is 1. The first kappa shape index (κ1) is 13.4. The topological polar surface area (TPSA) is 24.5 Å². The number of hydrogen-bond acceptors (Lipinski definition) is 3. The molecule has 0 aliphatic carbocycles. The summed E-state index contributed by atoms with van der Waals surface area (Å²) >= 11 is 0. The van der Waals surface area contributed by atoms with Gasteiger partial charge in [0.25, 0.3) is 0 Å². The minimum Gasteiger partial charge on any atom is -0.496 e. The van der Waals surface area contributed by atoms with Crippen LogP contribution in [0.2, 0.25) is 0 Å². The summed E-state index contributed by atoms with van der Waals surface area (Å²) < 4.78 is 5.36. The molecule has 18 heavy (non-hydrogen) atoms. The molecular weight excluding hydrogens is 224 g/mol. The Morgan fingerprint density at radius 3 is 2.94 bits per heavy atom. The molecular formula is C15H24N2O. The standard InChI is InChI=1S/C15H24N2O/c1-17-10-6-5-8-14(17)12-16-11-13-7-3-4-9-15(13)18-2/h3-4,7,9,14,16H,5-6,8,10-12H2,1-2H3. The van der Waals surface area contributed by atoms with Crippen LogP contribution in [0, 0.1) is 0 Å². The van der Waals surface area contributed by atoms with Crippen LogP contribution >= 0.6 is 0 Å². The third-order valence-electron chi connectivity index (χ3n) is 3.81. The molecule has 3 heteroatoms. The van der Waals surface area contributed by atoms with Crippen LogP contribution in [-0.4, -0.2) is 38.2 Å². The zero-order valence-corrected chi connectivity index (χ0v) is 11.5. The number of likely N-dealkylation sites (N-methyl/N-ethyl adjacent to an activating group) is 1. The highest BCUT2D eigenvalue weighted by Gasteiger charge is 2.18.